The average molecular weight is 372 g/mol. The van der Waals surface area contributed by atoms with Gasteiger partial charge in [0.1, 0.15) is 0 Å². The first-order chi connectivity index (χ1) is 12.1. The van der Waals surface area contributed by atoms with Gasteiger partial charge in [0.15, 0.2) is 11.0 Å². The van der Waals surface area contributed by atoms with E-state index in [1.807, 2.05) is 11.3 Å². The van der Waals surface area contributed by atoms with Gasteiger partial charge >= 0.3 is 0 Å². The SMILES string of the molecule is CCCn1c(SCc2cccc(C)c2)nnc1-c1csc(C)c1CC. The Balaban J connectivity index is 1.89. The van der Waals surface area contributed by atoms with Crippen LogP contribution in [0.15, 0.2) is 34.8 Å². The maximum Gasteiger partial charge on any atom is 0.191 e. The van der Waals surface area contributed by atoms with E-state index < -0.39 is 0 Å². The van der Waals surface area contributed by atoms with E-state index in [1.54, 1.807) is 11.8 Å². The predicted molar refractivity (Wildman–Crippen MR) is 108 cm³/mol. The molecule has 0 fully saturated rings. The Labute approximate surface area is 158 Å². The third-order valence-electron chi connectivity index (χ3n) is 4.31. The molecule has 0 aliphatic heterocycles. The zero-order valence-corrected chi connectivity index (χ0v) is 17.0. The molecule has 2 aromatic heterocycles. The summed E-state index contributed by atoms with van der Waals surface area (Å²) in [6.07, 6.45) is 2.11. The number of hydrogen-bond acceptors (Lipinski definition) is 4. The monoisotopic (exact) mass is 371 g/mol. The first-order valence-electron chi connectivity index (χ1n) is 8.82. The van der Waals surface area contributed by atoms with E-state index in [9.17, 15) is 0 Å². The van der Waals surface area contributed by atoms with E-state index in [4.69, 9.17) is 0 Å². The van der Waals surface area contributed by atoms with Gasteiger partial charge in [0.2, 0.25) is 0 Å². The largest absolute Gasteiger partial charge is 0.302 e. The second-order valence-corrected chi connectivity index (χ2v) is 8.30. The maximum atomic E-state index is 4.56. The van der Waals surface area contributed by atoms with E-state index in [-0.39, 0.29) is 0 Å². The number of thiophene rings is 1. The molecule has 2 heterocycles. The lowest BCUT2D eigenvalue weighted by Crippen LogP contribution is -2.02. The van der Waals surface area contributed by atoms with E-state index in [1.165, 1.54) is 27.1 Å². The number of aryl methyl sites for hydroxylation is 2. The quantitative estimate of drug-likeness (QED) is 0.485. The number of rotatable bonds is 7. The van der Waals surface area contributed by atoms with Gasteiger partial charge in [-0.15, -0.1) is 21.5 Å². The Hall–Kier alpha value is -1.59. The van der Waals surface area contributed by atoms with Crippen LogP contribution in [0.3, 0.4) is 0 Å². The maximum absolute atomic E-state index is 4.56. The Kier molecular flexibility index (Phi) is 5.97. The molecular weight excluding hydrogens is 346 g/mol. The van der Waals surface area contributed by atoms with Crippen LogP contribution in [0.25, 0.3) is 11.4 Å². The van der Waals surface area contributed by atoms with Gasteiger partial charge in [-0.05, 0) is 37.8 Å². The molecule has 0 aliphatic rings. The number of nitrogens with zero attached hydrogens (tertiary/aromatic N) is 3. The summed E-state index contributed by atoms with van der Waals surface area (Å²) >= 11 is 3.59. The average Bonchev–Trinajstić information content (AvgIpc) is 3.16. The molecule has 0 spiro atoms. The zero-order chi connectivity index (χ0) is 17.8. The van der Waals surface area contributed by atoms with Crippen LogP contribution in [0.1, 0.15) is 41.8 Å². The molecule has 0 N–H and O–H groups in total. The van der Waals surface area contributed by atoms with Crippen LogP contribution in [0.4, 0.5) is 0 Å². The molecule has 3 aromatic rings. The van der Waals surface area contributed by atoms with Crippen molar-refractivity contribution >= 4 is 23.1 Å². The van der Waals surface area contributed by atoms with Crippen molar-refractivity contribution in [2.75, 3.05) is 0 Å². The normalized spacial score (nSPS) is 11.2. The van der Waals surface area contributed by atoms with Crippen LogP contribution in [-0.4, -0.2) is 14.8 Å². The molecule has 0 bridgehead atoms. The van der Waals surface area contributed by atoms with Gasteiger partial charge in [0.05, 0.1) is 0 Å². The van der Waals surface area contributed by atoms with Crippen molar-refractivity contribution in [2.24, 2.45) is 0 Å². The zero-order valence-electron chi connectivity index (χ0n) is 15.4. The minimum Gasteiger partial charge on any atom is -0.302 e. The first-order valence-corrected chi connectivity index (χ1v) is 10.7. The van der Waals surface area contributed by atoms with Gasteiger partial charge in [-0.25, -0.2) is 0 Å². The third-order valence-corrected chi connectivity index (χ3v) is 6.30. The highest BCUT2D eigenvalue weighted by Gasteiger charge is 2.18. The summed E-state index contributed by atoms with van der Waals surface area (Å²) in [5.74, 6) is 1.95. The summed E-state index contributed by atoms with van der Waals surface area (Å²) in [5.41, 5.74) is 5.30. The van der Waals surface area contributed by atoms with Crippen molar-refractivity contribution in [3.05, 3.63) is 51.2 Å². The topological polar surface area (TPSA) is 30.7 Å². The van der Waals surface area contributed by atoms with Crippen LogP contribution < -0.4 is 0 Å². The van der Waals surface area contributed by atoms with Crippen molar-refractivity contribution < 1.29 is 0 Å². The van der Waals surface area contributed by atoms with Crippen LogP contribution in [0.5, 0.6) is 0 Å². The fourth-order valence-corrected chi connectivity index (χ4v) is 4.92. The van der Waals surface area contributed by atoms with E-state index in [2.05, 4.69) is 72.1 Å². The summed E-state index contributed by atoms with van der Waals surface area (Å²) < 4.78 is 2.29. The lowest BCUT2D eigenvalue weighted by Gasteiger charge is -2.10. The van der Waals surface area contributed by atoms with Gasteiger partial charge in [-0.3, -0.25) is 0 Å². The van der Waals surface area contributed by atoms with Crippen molar-refractivity contribution in [3.8, 4) is 11.4 Å². The molecule has 0 atom stereocenters. The van der Waals surface area contributed by atoms with Crippen molar-refractivity contribution in [3.63, 3.8) is 0 Å². The van der Waals surface area contributed by atoms with Crippen molar-refractivity contribution in [1.82, 2.24) is 14.8 Å². The lowest BCUT2D eigenvalue weighted by atomic mass is 10.1. The van der Waals surface area contributed by atoms with Crippen LogP contribution in [0, 0.1) is 13.8 Å². The molecule has 0 saturated heterocycles. The molecule has 0 radical (unpaired) electrons. The molecule has 0 saturated carbocycles. The molecule has 132 valence electrons. The molecule has 3 nitrogen and oxygen atoms in total. The number of benzene rings is 1. The van der Waals surface area contributed by atoms with Crippen LogP contribution in [0.2, 0.25) is 0 Å². The Morgan fingerprint density at radius 3 is 2.72 bits per heavy atom. The molecule has 25 heavy (non-hydrogen) atoms. The third kappa shape index (κ3) is 3.98. The summed E-state index contributed by atoms with van der Waals surface area (Å²) in [7, 11) is 0. The van der Waals surface area contributed by atoms with E-state index in [0.29, 0.717) is 0 Å². The van der Waals surface area contributed by atoms with Gasteiger partial charge in [0, 0.05) is 28.1 Å². The number of thioether (sulfide) groups is 1. The Morgan fingerprint density at radius 2 is 2.00 bits per heavy atom. The minimum atomic E-state index is 0.923. The smallest absolute Gasteiger partial charge is 0.191 e. The van der Waals surface area contributed by atoms with Crippen LogP contribution >= 0.6 is 23.1 Å². The molecular formula is C20H25N3S2. The highest BCUT2D eigenvalue weighted by atomic mass is 32.2. The Bertz CT molecular complexity index is 849. The summed E-state index contributed by atoms with van der Waals surface area (Å²) in [4.78, 5) is 1.39. The highest BCUT2D eigenvalue weighted by Crippen LogP contribution is 2.33. The molecule has 1 aromatic carbocycles. The fraction of sp³-hybridized carbons (Fsp3) is 0.400. The van der Waals surface area contributed by atoms with Gasteiger partial charge in [0.25, 0.3) is 0 Å². The second-order valence-electron chi connectivity index (χ2n) is 6.27. The summed E-state index contributed by atoms with van der Waals surface area (Å²) in [6, 6.07) is 8.68. The number of hydrogen-bond donors (Lipinski definition) is 0. The van der Waals surface area contributed by atoms with Gasteiger partial charge in [-0.2, -0.15) is 0 Å². The molecule has 0 unspecified atom stereocenters. The molecule has 5 heteroatoms. The van der Waals surface area contributed by atoms with Crippen molar-refractivity contribution in [2.45, 2.75) is 58.0 Å². The summed E-state index contributed by atoms with van der Waals surface area (Å²) in [6.45, 7) is 9.71. The molecule has 0 aliphatic carbocycles. The fourth-order valence-electron chi connectivity index (χ4n) is 3.08. The Morgan fingerprint density at radius 1 is 1.16 bits per heavy atom. The highest BCUT2D eigenvalue weighted by molar-refractivity contribution is 7.98. The van der Waals surface area contributed by atoms with Gasteiger partial charge in [-0.1, -0.05) is 55.4 Å². The standard InChI is InChI=1S/C20H25N3S2/c1-5-10-23-19(18-13-24-15(4)17(18)6-2)21-22-20(23)25-12-16-9-7-8-14(3)11-16/h7-9,11,13H,5-6,10,12H2,1-4H3. The minimum absolute atomic E-state index is 0.923. The molecule has 3 rings (SSSR count). The van der Waals surface area contributed by atoms with E-state index in [0.717, 1.165) is 36.1 Å². The van der Waals surface area contributed by atoms with E-state index >= 15 is 0 Å². The number of aromatic nitrogens is 3. The van der Waals surface area contributed by atoms with Crippen molar-refractivity contribution in [1.29, 1.82) is 0 Å². The molecule has 0 amide bonds. The van der Waals surface area contributed by atoms with Crippen LogP contribution in [-0.2, 0) is 18.7 Å². The summed E-state index contributed by atoms with van der Waals surface area (Å²) in [5, 5.41) is 12.3. The lowest BCUT2D eigenvalue weighted by molar-refractivity contribution is 0.626. The first kappa shape index (κ1) is 18.2. The second kappa shape index (κ2) is 8.19. The predicted octanol–water partition coefficient (Wildman–Crippen LogP) is 5.89. The van der Waals surface area contributed by atoms with Gasteiger partial charge < -0.3 is 4.57 Å².